The number of allylic oxidation sites excluding steroid dienone is 2. The molecule has 2 aliphatic carbocycles. The van der Waals surface area contributed by atoms with Crippen molar-refractivity contribution in [1.82, 2.24) is 0 Å². The number of anilines is 1. The summed E-state index contributed by atoms with van der Waals surface area (Å²) in [6.07, 6.45) is 6.47. The highest BCUT2D eigenvalue weighted by Gasteiger charge is 2.39. The molecule has 1 fully saturated rings. The molecule has 0 aromatic heterocycles. The quantitative estimate of drug-likeness (QED) is 0.757. The number of carbonyl (C=O) groups excluding carboxylic acids is 1. The van der Waals surface area contributed by atoms with Gasteiger partial charge < -0.3 is 19.5 Å². The monoisotopic (exact) mass is 365 g/mol. The van der Waals surface area contributed by atoms with Crippen molar-refractivity contribution in [2.45, 2.75) is 12.8 Å². The van der Waals surface area contributed by atoms with E-state index in [1.165, 1.54) is 0 Å². The second kappa shape index (κ2) is 7.35. The van der Waals surface area contributed by atoms with E-state index in [2.05, 4.69) is 17.5 Å². The summed E-state index contributed by atoms with van der Waals surface area (Å²) in [5.74, 6) is 3.66. The zero-order chi connectivity index (χ0) is 18.8. The molecule has 1 amide bonds. The molecule has 0 saturated heterocycles. The van der Waals surface area contributed by atoms with Crippen LogP contribution < -0.4 is 19.5 Å². The number of fused-ring (bicyclic) bond motifs is 2. The third-order valence-corrected chi connectivity index (χ3v) is 5.33. The minimum Gasteiger partial charge on any atom is -0.497 e. The second-order valence-electron chi connectivity index (χ2n) is 7.02. The molecular weight excluding hydrogens is 342 g/mol. The van der Waals surface area contributed by atoms with Gasteiger partial charge in [-0.15, -0.1) is 0 Å². The fraction of sp³-hybridized carbons (Fsp3) is 0.318. The molecule has 5 heteroatoms. The molecule has 1 saturated carbocycles. The standard InChI is InChI=1S/C22H23NO4/c1-25-17-6-8-18(9-7-17)27-21-13-16(5-10-20(21)26-2)23-22(24)19-12-14-3-4-15(19)11-14/h3-10,13-15,19H,11-12H2,1-2H3,(H,23,24)/t14-,15-,19+/m0/s1. The van der Waals surface area contributed by atoms with Crippen LogP contribution in [0.1, 0.15) is 12.8 Å². The zero-order valence-electron chi connectivity index (χ0n) is 15.5. The summed E-state index contributed by atoms with van der Waals surface area (Å²) < 4.78 is 16.5. The SMILES string of the molecule is COc1ccc(Oc2cc(NC(=O)[C@@H]3C[C@H]4C=C[C@H]3C4)ccc2OC)cc1. The lowest BCUT2D eigenvalue weighted by atomic mass is 9.93. The van der Waals surface area contributed by atoms with Crippen LogP contribution in [0.3, 0.4) is 0 Å². The first-order valence-electron chi connectivity index (χ1n) is 9.15. The van der Waals surface area contributed by atoms with Crippen molar-refractivity contribution < 1.29 is 19.0 Å². The van der Waals surface area contributed by atoms with Gasteiger partial charge >= 0.3 is 0 Å². The number of methoxy groups -OCH3 is 2. The number of rotatable bonds is 6. The van der Waals surface area contributed by atoms with Crippen molar-refractivity contribution in [2.24, 2.45) is 17.8 Å². The van der Waals surface area contributed by atoms with Crippen LogP contribution in [-0.2, 0) is 4.79 Å². The molecule has 2 bridgehead atoms. The Morgan fingerprint density at radius 2 is 1.70 bits per heavy atom. The number of amides is 1. The van der Waals surface area contributed by atoms with E-state index in [0.717, 1.165) is 18.6 Å². The summed E-state index contributed by atoms with van der Waals surface area (Å²) in [5, 5.41) is 3.04. The summed E-state index contributed by atoms with van der Waals surface area (Å²) in [5.41, 5.74) is 0.705. The van der Waals surface area contributed by atoms with E-state index in [1.807, 2.05) is 30.3 Å². The Morgan fingerprint density at radius 1 is 0.926 bits per heavy atom. The van der Waals surface area contributed by atoms with Crippen LogP contribution in [0.2, 0.25) is 0 Å². The average Bonchev–Trinajstić information content (AvgIpc) is 3.32. The topological polar surface area (TPSA) is 56.8 Å². The third kappa shape index (κ3) is 3.63. The van der Waals surface area contributed by atoms with Gasteiger partial charge in [0.25, 0.3) is 0 Å². The third-order valence-electron chi connectivity index (χ3n) is 5.33. The van der Waals surface area contributed by atoms with E-state index in [1.54, 1.807) is 26.4 Å². The zero-order valence-corrected chi connectivity index (χ0v) is 15.5. The van der Waals surface area contributed by atoms with Crippen LogP contribution in [0.4, 0.5) is 5.69 Å². The minimum atomic E-state index is 0.0630. The van der Waals surface area contributed by atoms with Crippen molar-refractivity contribution >= 4 is 11.6 Å². The van der Waals surface area contributed by atoms with Crippen molar-refractivity contribution in [3.05, 3.63) is 54.6 Å². The maximum Gasteiger partial charge on any atom is 0.228 e. The predicted octanol–water partition coefficient (Wildman–Crippen LogP) is 4.65. The van der Waals surface area contributed by atoms with Gasteiger partial charge in [0.1, 0.15) is 11.5 Å². The second-order valence-corrected chi connectivity index (χ2v) is 7.02. The number of ether oxygens (including phenoxy) is 3. The normalized spacial score (nSPS) is 22.5. The van der Waals surface area contributed by atoms with Crippen LogP contribution in [0.5, 0.6) is 23.0 Å². The molecule has 0 unspecified atom stereocenters. The molecule has 0 aliphatic heterocycles. The van der Waals surface area contributed by atoms with Crippen molar-refractivity contribution in [1.29, 1.82) is 0 Å². The molecule has 140 valence electrons. The van der Waals surface area contributed by atoms with Crippen molar-refractivity contribution in [2.75, 3.05) is 19.5 Å². The maximum absolute atomic E-state index is 12.7. The molecular formula is C22H23NO4. The molecule has 0 heterocycles. The van der Waals surface area contributed by atoms with E-state index in [4.69, 9.17) is 14.2 Å². The Bertz CT molecular complexity index is 859. The molecule has 3 atom stereocenters. The fourth-order valence-corrected chi connectivity index (χ4v) is 3.92. The van der Waals surface area contributed by atoms with E-state index in [-0.39, 0.29) is 11.8 Å². The van der Waals surface area contributed by atoms with Crippen LogP contribution in [-0.4, -0.2) is 20.1 Å². The van der Waals surface area contributed by atoms with Gasteiger partial charge in [0, 0.05) is 17.7 Å². The van der Waals surface area contributed by atoms with Crippen LogP contribution in [0, 0.1) is 17.8 Å². The molecule has 27 heavy (non-hydrogen) atoms. The fourth-order valence-electron chi connectivity index (χ4n) is 3.92. The predicted molar refractivity (Wildman–Crippen MR) is 104 cm³/mol. The van der Waals surface area contributed by atoms with E-state index in [0.29, 0.717) is 34.8 Å². The molecule has 4 rings (SSSR count). The van der Waals surface area contributed by atoms with Gasteiger partial charge in [-0.25, -0.2) is 0 Å². The lowest BCUT2D eigenvalue weighted by molar-refractivity contribution is -0.120. The van der Waals surface area contributed by atoms with E-state index in [9.17, 15) is 4.79 Å². The van der Waals surface area contributed by atoms with Gasteiger partial charge in [-0.1, -0.05) is 12.2 Å². The first kappa shape index (κ1) is 17.5. The van der Waals surface area contributed by atoms with Crippen LogP contribution >= 0.6 is 0 Å². The highest BCUT2D eigenvalue weighted by molar-refractivity contribution is 5.93. The van der Waals surface area contributed by atoms with Gasteiger partial charge in [0.2, 0.25) is 5.91 Å². The lowest BCUT2D eigenvalue weighted by Gasteiger charge is -2.18. The summed E-state index contributed by atoms with van der Waals surface area (Å²) in [6, 6.07) is 12.7. The van der Waals surface area contributed by atoms with Crippen molar-refractivity contribution in [3.63, 3.8) is 0 Å². The first-order valence-corrected chi connectivity index (χ1v) is 9.15. The number of hydrogen-bond donors (Lipinski definition) is 1. The maximum atomic E-state index is 12.7. The Balaban J connectivity index is 1.49. The number of nitrogens with one attached hydrogen (secondary N) is 1. The minimum absolute atomic E-state index is 0.0630. The van der Waals surface area contributed by atoms with Gasteiger partial charge in [-0.2, -0.15) is 0 Å². The van der Waals surface area contributed by atoms with Crippen LogP contribution in [0.15, 0.2) is 54.6 Å². The smallest absolute Gasteiger partial charge is 0.228 e. The lowest BCUT2D eigenvalue weighted by Crippen LogP contribution is -2.25. The Labute approximate surface area is 158 Å². The molecule has 1 N–H and O–H groups in total. The van der Waals surface area contributed by atoms with Crippen molar-refractivity contribution in [3.8, 4) is 23.0 Å². The molecule has 0 spiro atoms. The largest absolute Gasteiger partial charge is 0.497 e. The highest BCUT2D eigenvalue weighted by atomic mass is 16.5. The molecule has 5 nitrogen and oxygen atoms in total. The highest BCUT2D eigenvalue weighted by Crippen LogP contribution is 2.44. The van der Waals surface area contributed by atoms with Gasteiger partial charge in [-0.3, -0.25) is 4.79 Å². The molecule has 0 radical (unpaired) electrons. The van der Waals surface area contributed by atoms with Gasteiger partial charge in [0.15, 0.2) is 11.5 Å². The number of benzene rings is 2. The Kier molecular flexibility index (Phi) is 4.75. The number of hydrogen-bond acceptors (Lipinski definition) is 4. The van der Waals surface area contributed by atoms with Gasteiger partial charge in [-0.05, 0) is 61.1 Å². The number of carbonyl (C=O) groups is 1. The Hall–Kier alpha value is -2.95. The summed E-state index contributed by atoms with van der Waals surface area (Å²) in [6.45, 7) is 0. The molecule has 2 aromatic carbocycles. The summed E-state index contributed by atoms with van der Waals surface area (Å²) >= 11 is 0. The van der Waals surface area contributed by atoms with Crippen LogP contribution in [0.25, 0.3) is 0 Å². The summed E-state index contributed by atoms with van der Waals surface area (Å²) in [4.78, 5) is 12.7. The van der Waals surface area contributed by atoms with E-state index >= 15 is 0 Å². The average molecular weight is 365 g/mol. The Morgan fingerprint density at radius 3 is 2.33 bits per heavy atom. The van der Waals surface area contributed by atoms with E-state index < -0.39 is 0 Å². The molecule has 2 aliphatic rings. The molecule has 2 aromatic rings. The summed E-state index contributed by atoms with van der Waals surface area (Å²) in [7, 11) is 3.22. The first-order chi connectivity index (χ1) is 13.2. The van der Waals surface area contributed by atoms with Gasteiger partial charge in [0.05, 0.1) is 14.2 Å².